The predicted molar refractivity (Wildman–Crippen MR) is 53.9 cm³/mol. The van der Waals surface area contributed by atoms with Gasteiger partial charge in [-0.15, -0.1) is 0 Å². The largest absolute Gasteiger partial charge is 0.227 e. The van der Waals surface area contributed by atoms with E-state index >= 15 is 0 Å². The summed E-state index contributed by atoms with van der Waals surface area (Å²) in [4.78, 5) is 0. The smallest absolute Gasteiger partial charge is 0.211 e. The van der Waals surface area contributed by atoms with E-state index in [1.165, 1.54) is 19.8 Å². The van der Waals surface area contributed by atoms with Crippen molar-refractivity contribution in [3.8, 4) is 6.07 Å². The first-order chi connectivity index (χ1) is 6.45. The molecule has 2 unspecified atom stereocenters. The van der Waals surface area contributed by atoms with Crippen molar-refractivity contribution < 1.29 is 8.42 Å². The van der Waals surface area contributed by atoms with Crippen LogP contribution in [0.2, 0.25) is 0 Å². The van der Waals surface area contributed by atoms with Crippen LogP contribution in [-0.4, -0.2) is 19.7 Å². The SMILES string of the molecule is CC(CC1CC1)NS(=O)(=O)C(C)C#N. The second-order valence-electron chi connectivity index (χ2n) is 4.01. The van der Waals surface area contributed by atoms with Gasteiger partial charge in [0.25, 0.3) is 0 Å². The number of nitrogens with zero attached hydrogens (tertiary/aromatic N) is 1. The van der Waals surface area contributed by atoms with Crippen LogP contribution in [-0.2, 0) is 10.0 Å². The number of hydrogen-bond acceptors (Lipinski definition) is 3. The van der Waals surface area contributed by atoms with Crippen molar-refractivity contribution >= 4 is 10.0 Å². The minimum absolute atomic E-state index is 0.0525. The van der Waals surface area contributed by atoms with Gasteiger partial charge < -0.3 is 0 Å². The highest BCUT2D eigenvalue weighted by Gasteiger charge is 2.27. The van der Waals surface area contributed by atoms with Gasteiger partial charge in [0.15, 0.2) is 5.25 Å². The molecule has 0 spiro atoms. The Kier molecular flexibility index (Phi) is 3.51. The van der Waals surface area contributed by atoms with Crippen molar-refractivity contribution in [1.82, 2.24) is 4.72 Å². The molecule has 80 valence electrons. The molecule has 0 aromatic carbocycles. The maximum Gasteiger partial charge on any atom is 0.227 e. The highest BCUT2D eigenvalue weighted by Crippen LogP contribution is 2.33. The van der Waals surface area contributed by atoms with Gasteiger partial charge in [0.1, 0.15) is 0 Å². The zero-order chi connectivity index (χ0) is 10.8. The van der Waals surface area contributed by atoms with E-state index in [-0.39, 0.29) is 6.04 Å². The lowest BCUT2D eigenvalue weighted by atomic mass is 10.2. The summed E-state index contributed by atoms with van der Waals surface area (Å²) >= 11 is 0. The summed E-state index contributed by atoms with van der Waals surface area (Å²) in [5, 5.41) is 7.54. The Morgan fingerprint density at radius 1 is 1.50 bits per heavy atom. The molecule has 0 radical (unpaired) electrons. The average Bonchev–Trinajstić information content (AvgIpc) is 2.85. The normalized spacial score (nSPS) is 21.2. The van der Waals surface area contributed by atoms with E-state index in [1.807, 2.05) is 6.92 Å². The van der Waals surface area contributed by atoms with Crippen LogP contribution in [0.4, 0.5) is 0 Å². The average molecular weight is 216 g/mol. The third kappa shape index (κ3) is 3.28. The third-order valence-corrected chi connectivity index (χ3v) is 4.16. The van der Waals surface area contributed by atoms with Gasteiger partial charge in [-0.3, -0.25) is 0 Å². The van der Waals surface area contributed by atoms with Crippen LogP contribution < -0.4 is 4.72 Å². The van der Waals surface area contributed by atoms with Crippen LogP contribution in [0.1, 0.15) is 33.1 Å². The first-order valence-electron chi connectivity index (χ1n) is 4.86. The van der Waals surface area contributed by atoms with E-state index in [0.29, 0.717) is 5.92 Å². The zero-order valence-electron chi connectivity index (χ0n) is 8.53. The molecule has 0 bridgehead atoms. The minimum Gasteiger partial charge on any atom is -0.211 e. The van der Waals surface area contributed by atoms with Gasteiger partial charge >= 0.3 is 0 Å². The van der Waals surface area contributed by atoms with E-state index in [2.05, 4.69) is 4.72 Å². The van der Waals surface area contributed by atoms with Crippen LogP contribution in [0.25, 0.3) is 0 Å². The monoisotopic (exact) mass is 216 g/mol. The molecule has 1 rings (SSSR count). The van der Waals surface area contributed by atoms with Gasteiger partial charge in [-0.25, -0.2) is 13.1 Å². The van der Waals surface area contributed by atoms with Gasteiger partial charge in [0.05, 0.1) is 6.07 Å². The molecule has 0 heterocycles. The number of hydrogen-bond donors (Lipinski definition) is 1. The van der Waals surface area contributed by atoms with E-state index in [0.717, 1.165) is 6.42 Å². The molecule has 2 atom stereocenters. The van der Waals surface area contributed by atoms with Gasteiger partial charge in [0, 0.05) is 6.04 Å². The molecular weight excluding hydrogens is 200 g/mol. The predicted octanol–water partition coefficient (Wildman–Crippen LogP) is 1.01. The van der Waals surface area contributed by atoms with E-state index in [9.17, 15) is 8.42 Å². The number of nitriles is 1. The first-order valence-corrected chi connectivity index (χ1v) is 6.41. The number of sulfonamides is 1. The molecule has 14 heavy (non-hydrogen) atoms. The highest BCUT2D eigenvalue weighted by atomic mass is 32.2. The standard InChI is InChI=1S/C9H16N2O2S/c1-7(5-9-3-4-9)11-14(12,13)8(2)6-10/h7-9,11H,3-5H2,1-2H3. The van der Waals surface area contributed by atoms with Crippen molar-refractivity contribution in [1.29, 1.82) is 5.26 Å². The topological polar surface area (TPSA) is 70.0 Å². The molecule has 0 amide bonds. The third-order valence-electron chi connectivity index (χ3n) is 2.40. The summed E-state index contributed by atoms with van der Waals surface area (Å²) in [6, 6.07) is 1.68. The molecule has 1 fully saturated rings. The lowest BCUT2D eigenvalue weighted by Gasteiger charge is -2.14. The van der Waals surface area contributed by atoms with Crippen LogP contribution in [0.15, 0.2) is 0 Å². The molecule has 4 nitrogen and oxygen atoms in total. The molecule has 1 aliphatic carbocycles. The number of nitrogens with one attached hydrogen (secondary N) is 1. The fraction of sp³-hybridized carbons (Fsp3) is 0.889. The van der Waals surface area contributed by atoms with Crippen molar-refractivity contribution in [2.75, 3.05) is 0 Å². The zero-order valence-corrected chi connectivity index (χ0v) is 9.34. The molecular formula is C9H16N2O2S. The summed E-state index contributed by atoms with van der Waals surface area (Å²) in [6.45, 7) is 3.24. The minimum atomic E-state index is -3.44. The molecule has 0 saturated heterocycles. The summed E-state index contributed by atoms with van der Waals surface area (Å²) in [6.07, 6.45) is 3.30. The Balaban J connectivity index is 2.45. The van der Waals surface area contributed by atoms with Crippen LogP contribution in [0.5, 0.6) is 0 Å². The lowest BCUT2D eigenvalue weighted by Crippen LogP contribution is -2.38. The van der Waals surface area contributed by atoms with Crippen LogP contribution in [0, 0.1) is 17.2 Å². The van der Waals surface area contributed by atoms with Gasteiger partial charge in [-0.05, 0) is 26.2 Å². The summed E-state index contributed by atoms with van der Waals surface area (Å²) in [5.41, 5.74) is 0. The Hall–Kier alpha value is -0.600. The fourth-order valence-electron chi connectivity index (χ4n) is 1.35. The van der Waals surface area contributed by atoms with Crippen molar-refractivity contribution in [3.63, 3.8) is 0 Å². The number of rotatable bonds is 5. The quantitative estimate of drug-likeness (QED) is 0.745. The summed E-state index contributed by atoms with van der Waals surface area (Å²) in [7, 11) is -3.44. The van der Waals surface area contributed by atoms with Crippen molar-refractivity contribution in [2.45, 2.75) is 44.4 Å². The van der Waals surface area contributed by atoms with E-state index in [1.54, 1.807) is 6.07 Å². The second-order valence-corrected chi connectivity index (χ2v) is 6.05. The molecule has 0 aliphatic heterocycles. The summed E-state index contributed by atoms with van der Waals surface area (Å²) in [5.74, 6) is 0.685. The molecule has 1 aliphatic rings. The Morgan fingerprint density at radius 3 is 2.50 bits per heavy atom. The molecule has 0 aromatic rings. The van der Waals surface area contributed by atoms with Gasteiger partial charge in [-0.2, -0.15) is 5.26 Å². The van der Waals surface area contributed by atoms with E-state index in [4.69, 9.17) is 5.26 Å². The van der Waals surface area contributed by atoms with Gasteiger partial charge in [0.2, 0.25) is 10.0 Å². The Bertz CT molecular complexity index is 327. The highest BCUT2D eigenvalue weighted by molar-refractivity contribution is 7.90. The van der Waals surface area contributed by atoms with Crippen molar-refractivity contribution in [3.05, 3.63) is 0 Å². The van der Waals surface area contributed by atoms with Crippen LogP contribution in [0.3, 0.4) is 0 Å². The molecule has 1 saturated carbocycles. The fourth-order valence-corrected chi connectivity index (χ4v) is 2.35. The van der Waals surface area contributed by atoms with Crippen LogP contribution >= 0.6 is 0 Å². The molecule has 5 heteroatoms. The first kappa shape index (κ1) is 11.5. The Labute approximate surface area is 85.4 Å². The maximum absolute atomic E-state index is 11.4. The molecule has 1 N–H and O–H groups in total. The molecule has 0 aromatic heterocycles. The Morgan fingerprint density at radius 2 is 2.07 bits per heavy atom. The van der Waals surface area contributed by atoms with E-state index < -0.39 is 15.3 Å². The van der Waals surface area contributed by atoms with Crippen molar-refractivity contribution in [2.24, 2.45) is 5.92 Å². The van der Waals surface area contributed by atoms with Gasteiger partial charge in [-0.1, -0.05) is 12.8 Å². The second kappa shape index (κ2) is 4.28. The maximum atomic E-state index is 11.4. The lowest BCUT2D eigenvalue weighted by molar-refractivity contribution is 0.527. The summed E-state index contributed by atoms with van der Waals surface area (Å²) < 4.78 is 25.4.